The molecule has 3 N–H and O–H groups in total. The Morgan fingerprint density at radius 1 is 1.27 bits per heavy atom. The summed E-state index contributed by atoms with van der Waals surface area (Å²) in [6.45, 7) is 3.85. The lowest BCUT2D eigenvalue weighted by Crippen LogP contribution is -2.19. The zero-order valence-corrected chi connectivity index (χ0v) is 16.7. The van der Waals surface area contributed by atoms with E-state index < -0.39 is 6.10 Å². The van der Waals surface area contributed by atoms with Gasteiger partial charge in [0.25, 0.3) is 0 Å². The second-order valence-corrected chi connectivity index (χ2v) is 7.17. The quantitative estimate of drug-likeness (QED) is 0.639. The van der Waals surface area contributed by atoms with E-state index in [0.717, 1.165) is 31.7 Å². The molecule has 30 heavy (non-hydrogen) atoms. The van der Waals surface area contributed by atoms with Gasteiger partial charge in [0.2, 0.25) is 5.88 Å². The summed E-state index contributed by atoms with van der Waals surface area (Å²) in [6.07, 6.45) is 4.73. The number of nitriles is 1. The lowest BCUT2D eigenvalue weighted by atomic mass is 10.2. The first-order valence-electron chi connectivity index (χ1n) is 9.83. The van der Waals surface area contributed by atoms with Crippen LogP contribution in [0.5, 0.6) is 11.6 Å². The van der Waals surface area contributed by atoms with Crippen molar-refractivity contribution in [1.29, 1.82) is 5.26 Å². The van der Waals surface area contributed by atoms with Gasteiger partial charge in [-0.15, -0.1) is 0 Å². The van der Waals surface area contributed by atoms with Crippen LogP contribution in [0.1, 0.15) is 35.9 Å². The molecule has 9 heteroatoms. The van der Waals surface area contributed by atoms with E-state index in [0.29, 0.717) is 34.3 Å². The summed E-state index contributed by atoms with van der Waals surface area (Å²) in [4.78, 5) is 11.1. The van der Waals surface area contributed by atoms with Crippen molar-refractivity contribution in [2.24, 2.45) is 5.73 Å². The molecule has 2 aromatic heterocycles. The van der Waals surface area contributed by atoms with E-state index in [2.05, 4.69) is 26.0 Å². The van der Waals surface area contributed by atoms with Gasteiger partial charge in [0.05, 0.1) is 23.9 Å². The predicted octanol–water partition coefficient (Wildman–Crippen LogP) is 2.23. The van der Waals surface area contributed by atoms with Crippen LogP contribution in [0.15, 0.2) is 36.7 Å². The van der Waals surface area contributed by atoms with Crippen molar-refractivity contribution in [1.82, 2.24) is 19.7 Å². The Hall–Kier alpha value is -3.48. The highest BCUT2D eigenvalue weighted by Gasteiger charge is 2.18. The minimum Gasteiger partial charge on any atom is -0.437 e. The number of aryl methyl sites for hydroxylation is 1. The topological polar surface area (TPSA) is 126 Å². The first kappa shape index (κ1) is 19.8. The highest BCUT2D eigenvalue weighted by Crippen LogP contribution is 2.31. The van der Waals surface area contributed by atoms with Gasteiger partial charge in [0.1, 0.15) is 17.3 Å². The van der Waals surface area contributed by atoms with Crippen molar-refractivity contribution in [2.75, 3.05) is 24.5 Å². The highest BCUT2D eigenvalue weighted by atomic mass is 16.5. The van der Waals surface area contributed by atoms with E-state index in [1.165, 1.54) is 0 Å². The van der Waals surface area contributed by atoms with Crippen LogP contribution in [0.2, 0.25) is 0 Å². The standard InChI is InChI=1S/C21H23N7O2/c1-14-25-20(27-6-2-3-7-27)9-21(26-14)30-19-8-15(10-22)4-5-17(19)28-13-16(12-24-28)18(29)11-23/h4-5,8-9,12-13,18,29H,2-3,6-7,11,23H2,1H3. The summed E-state index contributed by atoms with van der Waals surface area (Å²) < 4.78 is 7.69. The molecule has 1 fully saturated rings. The van der Waals surface area contributed by atoms with Crippen LogP contribution in [-0.4, -0.2) is 44.5 Å². The number of rotatable bonds is 6. The number of hydrogen-bond acceptors (Lipinski definition) is 8. The van der Waals surface area contributed by atoms with E-state index in [4.69, 9.17) is 10.5 Å². The molecule has 1 atom stereocenters. The number of nitrogens with zero attached hydrogens (tertiary/aromatic N) is 6. The molecule has 1 saturated heterocycles. The average molecular weight is 405 g/mol. The van der Waals surface area contributed by atoms with Crippen molar-refractivity contribution in [3.05, 3.63) is 53.6 Å². The zero-order valence-electron chi connectivity index (χ0n) is 16.7. The summed E-state index contributed by atoms with van der Waals surface area (Å²) in [5.74, 6) is 2.27. The summed E-state index contributed by atoms with van der Waals surface area (Å²) in [6, 6.07) is 9.01. The Balaban J connectivity index is 1.70. The third-order valence-corrected chi connectivity index (χ3v) is 4.99. The van der Waals surface area contributed by atoms with Crippen molar-refractivity contribution < 1.29 is 9.84 Å². The third-order valence-electron chi connectivity index (χ3n) is 4.99. The number of aliphatic hydroxyl groups excluding tert-OH is 1. The maximum atomic E-state index is 9.97. The number of ether oxygens (including phenoxy) is 1. The number of aromatic nitrogens is 4. The lowest BCUT2D eigenvalue weighted by molar-refractivity contribution is 0.186. The number of aliphatic hydroxyl groups is 1. The molecular weight excluding hydrogens is 382 g/mol. The van der Waals surface area contributed by atoms with Crippen LogP contribution in [0.4, 0.5) is 5.82 Å². The maximum Gasteiger partial charge on any atom is 0.224 e. The van der Waals surface area contributed by atoms with Crippen LogP contribution < -0.4 is 15.4 Å². The molecule has 1 aliphatic rings. The summed E-state index contributed by atoms with van der Waals surface area (Å²) in [7, 11) is 0. The Labute approximate surface area is 174 Å². The van der Waals surface area contributed by atoms with Crippen LogP contribution >= 0.6 is 0 Å². The average Bonchev–Trinajstić information content (AvgIpc) is 3.45. The normalized spacial score (nSPS) is 14.5. The molecule has 0 bridgehead atoms. The molecule has 0 amide bonds. The Bertz CT molecular complexity index is 1080. The fourth-order valence-electron chi connectivity index (χ4n) is 3.43. The van der Waals surface area contributed by atoms with Crippen LogP contribution in [0, 0.1) is 18.3 Å². The largest absolute Gasteiger partial charge is 0.437 e. The second kappa shape index (κ2) is 8.49. The van der Waals surface area contributed by atoms with Gasteiger partial charge in [-0.1, -0.05) is 0 Å². The fraction of sp³-hybridized carbons (Fsp3) is 0.333. The molecule has 1 unspecified atom stereocenters. The molecule has 0 saturated carbocycles. The number of nitrogens with two attached hydrogens (primary N) is 1. The van der Waals surface area contributed by atoms with Gasteiger partial charge >= 0.3 is 0 Å². The molecule has 0 aliphatic carbocycles. The van der Waals surface area contributed by atoms with Gasteiger partial charge in [-0.25, -0.2) is 9.67 Å². The van der Waals surface area contributed by atoms with Gasteiger partial charge in [0.15, 0.2) is 5.75 Å². The Morgan fingerprint density at radius 3 is 2.80 bits per heavy atom. The van der Waals surface area contributed by atoms with Gasteiger partial charge in [-0.05, 0) is 31.9 Å². The number of benzene rings is 1. The molecule has 3 heterocycles. The van der Waals surface area contributed by atoms with Crippen molar-refractivity contribution in [3.8, 4) is 23.4 Å². The smallest absolute Gasteiger partial charge is 0.224 e. The number of anilines is 1. The Morgan fingerprint density at radius 2 is 2.07 bits per heavy atom. The van der Waals surface area contributed by atoms with Gasteiger partial charge in [-0.3, -0.25) is 0 Å². The van der Waals surface area contributed by atoms with Gasteiger partial charge in [0, 0.05) is 43.5 Å². The van der Waals surface area contributed by atoms with Gasteiger partial charge in [-0.2, -0.15) is 15.3 Å². The SMILES string of the molecule is Cc1nc(Oc2cc(C#N)ccc2-n2cc(C(O)CN)cn2)cc(N2CCCC2)n1. The minimum absolute atomic E-state index is 0.0991. The van der Waals surface area contributed by atoms with Crippen LogP contribution in [-0.2, 0) is 0 Å². The van der Waals surface area contributed by atoms with E-state index in [1.807, 2.05) is 13.0 Å². The monoisotopic (exact) mass is 405 g/mol. The van der Waals surface area contributed by atoms with E-state index in [-0.39, 0.29) is 6.54 Å². The molecule has 4 rings (SSSR count). The predicted molar refractivity (Wildman–Crippen MR) is 111 cm³/mol. The number of hydrogen-bond donors (Lipinski definition) is 2. The first-order chi connectivity index (χ1) is 14.6. The molecular formula is C21H23N7O2. The van der Waals surface area contributed by atoms with Crippen LogP contribution in [0.25, 0.3) is 5.69 Å². The molecule has 3 aromatic rings. The molecule has 1 aromatic carbocycles. The highest BCUT2D eigenvalue weighted by molar-refractivity contribution is 5.53. The fourth-order valence-corrected chi connectivity index (χ4v) is 3.43. The minimum atomic E-state index is -0.797. The lowest BCUT2D eigenvalue weighted by Gasteiger charge is -2.18. The molecule has 154 valence electrons. The summed E-state index contributed by atoms with van der Waals surface area (Å²) in [5, 5.41) is 23.6. The van der Waals surface area contributed by atoms with E-state index in [1.54, 1.807) is 35.3 Å². The van der Waals surface area contributed by atoms with E-state index >= 15 is 0 Å². The molecule has 1 aliphatic heterocycles. The van der Waals surface area contributed by atoms with Crippen LogP contribution in [0.3, 0.4) is 0 Å². The van der Waals surface area contributed by atoms with E-state index in [9.17, 15) is 10.4 Å². The molecule has 9 nitrogen and oxygen atoms in total. The van der Waals surface area contributed by atoms with Crippen molar-refractivity contribution >= 4 is 5.82 Å². The zero-order chi connectivity index (χ0) is 21.1. The second-order valence-electron chi connectivity index (χ2n) is 7.17. The molecule has 0 radical (unpaired) electrons. The van der Waals surface area contributed by atoms with Gasteiger partial charge < -0.3 is 20.5 Å². The van der Waals surface area contributed by atoms with Crippen molar-refractivity contribution in [3.63, 3.8) is 0 Å². The summed E-state index contributed by atoms with van der Waals surface area (Å²) in [5.41, 5.74) is 7.20. The Kier molecular flexibility index (Phi) is 5.61. The summed E-state index contributed by atoms with van der Waals surface area (Å²) >= 11 is 0. The first-order valence-corrected chi connectivity index (χ1v) is 9.83. The van der Waals surface area contributed by atoms with Crippen molar-refractivity contribution in [2.45, 2.75) is 25.9 Å². The maximum absolute atomic E-state index is 9.97. The molecule has 0 spiro atoms. The third kappa shape index (κ3) is 4.10.